The van der Waals surface area contributed by atoms with Crippen molar-refractivity contribution in [2.24, 2.45) is 5.92 Å². The molecule has 1 heterocycles. The Balaban J connectivity index is 1.94. The second-order valence-corrected chi connectivity index (χ2v) is 4.51. The Kier molecular flexibility index (Phi) is 3.23. The van der Waals surface area contributed by atoms with E-state index < -0.39 is 0 Å². The quantitative estimate of drug-likeness (QED) is 0.703. The Morgan fingerprint density at radius 1 is 1.08 bits per heavy atom. The molecule has 2 fully saturated rings. The van der Waals surface area contributed by atoms with Gasteiger partial charge in [-0.15, -0.1) is 0 Å². The molecule has 0 radical (unpaired) electrons. The van der Waals surface area contributed by atoms with Gasteiger partial charge in [0.1, 0.15) is 0 Å². The highest BCUT2D eigenvalue weighted by Crippen LogP contribution is 2.34. The Bertz CT molecular complexity index is 156. The van der Waals surface area contributed by atoms with E-state index in [-0.39, 0.29) is 0 Å². The number of rotatable bonds is 2. The number of hydrogen-bond acceptors (Lipinski definition) is 2. The third-order valence-corrected chi connectivity index (χ3v) is 3.75. The van der Waals surface area contributed by atoms with Gasteiger partial charge in [-0.3, -0.25) is 4.90 Å². The number of piperidine rings is 1. The molecule has 2 heteroatoms. The molecule has 1 N–H and O–H groups in total. The molecule has 0 spiro atoms. The minimum Gasteiger partial charge on any atom is -0.395 e. The van der Waals surface area contributed by atoms with E-state index in [2.05, 4.69) is 4.90 Å². The molecule has 0 aromatic heterocycles. The number of β-amino-alcohol motifs (C(OH)–C–C–N with tert-alkyl or cyclic N) is 1. The lowest BCUT2D eigenvalue weighted by Crippen LogP contribution is -2.47. The van der Waals surface area contributed by atoms with Crippen LogP contribution in [0.25, 0.3) is 0 Å². The van der Waals surface area contributed by atoms with Gasteiger partial charge in [0.05, 0.1) is 6.61 Å². The van der Waals surface area contributed by atoms with Gasteiger partial charge in [0.2, 0.25) is 0 Å². The van der Waals surface area contributed by atoms with Crippen molar-refractivity contribution in [3.05, 3.63) is 0 Å². The van der Waals surface area contributed by atoms with Crippen LogP contribution in [0.2, 0.25) is 0 Å². The van der Waals surface area contributed by atoms with Crippen molar-refractivity contribution in [2.75, 3.05) is 19.7 Å². The van der Waals surface area contributed by atoms with Gasteiger partial charge < -0.3 is 5.11 Å². The molecule has 2 aliphatic rings. The molecular formula is C11H21NO. The largest absolute Gasteiger partial charge is 0.395 e. The lowest BCUT2D eigenvalue weighted by Gasteiger charge is -2.43. The van der Waals surface area contributed by atoms with Gasteiger partial charge >= 0.3 is 0 Å². The monoisotopic (exact) mass is 183 g/mol. The number of fused-ring (bicyclic) bond motifs is 1. The smallest absolute Gasteiger partial charge is 0.0558 e. The fourth-order valence-electron chi connectivity index (χ4n) is 3.13. The van der Waals surface area contributed by atoms with Crippen molar-refractivity contribution >= 4 is 0 Å². The van der Waals surface area contributed by atoms with Gasteiger partial charge in [0.15, 0.2) is 0 Å². The van der Waals surface area contributed by atoms with Gasteiger partial charge in [0.25, 0.3) is 0 Å². The molecule has 2 atom stereocenters. The van der Waals surface area contributed by atoms with Crippen LogP contribution in [0.1, 0.15) is 38.5 Å². The van der Waals surface area contributed by atoms with E-state index in [1.54, 1.807) is 0 Å². The van der Waals surface area contributed by atoms with Crippen LogP contribution in [0.3, 0.4) is 0 Å². The maximum atomic E-state index is 8.97. The summed E-state index contributed by atoms with van der Waals surface area (Å²) >= 11 is 0. The lowest BCUT2D eigenvalue weighted by molar-refractivity contribution is 0.0472. The van der Waals surface area contributed by atoms with Crippen LogP contribution in [0.15, 0.2) is 0 Å². The van der Waals surface area contributed by atoms with Crippen LogP contribution >= 0.6 is 0 Å². The fraction of sp³-hybridized carbons (Fsp3) is 1.00. The van der Waals surface area contributed by atoms with Crippen molar-refractivity contribution in [3.8, 4) is 0 Å². The molecule has 2 rings (SSSR count). The Labute approximate surface area is 80.9 Å². The summed E-state index contributed by atoms with van der Waals surface area (Å²) in [6.45, 7) is 2.46. The first-order valence-electron chi connectivity index (χ1n) is 5.76. The van der Waals surface area contributed by atoms with Crippen LogP contribution in [-0.2, 0) is 0 Å². The molecular weight excluding hydrogens is 162 g/mol. The summed E-state index contributed by atoms with van der Waals surface area (Å²) in [6, 6.07) is 0.814. The zero-order valence-corrected chi connectivity index (χ0v) is 8.41. The third-order valence-electron chi connectivity index (χ3n) is 3.75. The summed E-state index contributed by atoms with van der Waals surface area (Å²) in [5.74, 6) is 0.953. The minimum atomic E-state index is 0.337. The molecule has 13 heavy (non-hydrogen) atoms. The summed E-state index contributed by atoms with van der Waals surface area (Å²) < 4.78 is 0. The van der Waals surface area contributed by atoms with E-state index in [0.717, 1.165) is 18.5 Å². The first-order chi connectivity index (χ1) is 6.42. The summed E-state index contributed by atoms with van der Waals surface area (Å²) in [4.78, 5) is 2.52. The summed E-state index contributed by atoms with van der Waals surface area (Å²) in [5, 5.41) is 8.97. The first kappa shape index (κ1) is 9.47. The highest BCUT2D eigenvalue weighted by Gasteiger charge is 2.32. The van der Waals surface area contributed by atoms with Gasteiger partial charge in [-0.2, -0.15) is 0 Å². The van der Waals surface area contributed by atoms with Crippen LogP contribution < -0.4 is 0 Å². The molecule has 1 aliphatic carbocycles. The van der Waals surface area contributed by atoms with Crippen molar-refractivity contribution in [2.45, 2.75) is 44.6 Å². The maximum Gasteiger partial charge on any atom is 0.0558 e. The van der Waals surface area contributed by atoms with Crippen molar-refractivity contribution in [1.82, 2.24) is 4.90 Å². The van der Waals surface area contributed by atoms with Crippen molar-refractivity contribution in [3.63, 3.8) is 0 Å². The van der Waals surface area contributed by atoms with Gasteiger partial charge in [-0.25, -0.2) is 0 Å². The van der Waals surface area contributed by atoms with Gasteiger partial charge in [-0.1, -0.05) is 12.8 Å². The van der Waals surface area contributed by atoms with Gasteiger partial charge in [-0.05, 0) is 38.1 Å². The molecule has 0 bridgehead atoms. The number of aliphatic hydroxyl groups excluding tert-OH is 1. The van der Waals surface area contributed by atoms with E-state index in [9.17, 15) is 0 Å². The van der Waals surface area contributed by atoms with E-state index in [4.69, 9.17) is 5.11 Å². The second-order valence-electron chi connectivity index (χ2n) is 4.51. The predicted molar refractivity (Wildman–Crippen MR) is 53.6 cm³/mol. The van der Waals surface area contributed by atoms with E-state index in [0.29, 0.717) is 6.61 Å². The number of likely N-dealkylation sites (tertiary alicyclic amines) is 1. The molecule has 76 valence electrons. The van der Waals surface area contributed by atoms with Crippen LogP contribution in [0, 0.1) is 5.92 Å². The third kappa shape index (κ3) is 2.05. The molecule has 0 aromatic carbocycles. The molecule has 0 unspecified atom stereocenters. The maximum absolute atomic E-state index is 8.97. The van der Waals surface area contributed by atoms with Crippen LogP contribution in [0.5, 0.6) is 0 Å². The molecule has 1 saturated carbocycles. The number of hydrogen-bond donors (Lipinski definition) is 1. The Morgan fingerprint density at radius 3 is 2.69 bits per heavy atom. The van der Waals surface area contributed by atoms with E-state index in [1.165, 1.54) is 45.1 Å². The highest BCUT2D eigenvalue weighted by molar-refractivity contribution is 4.86. The zero-order valence-electron chi connectivity index (χ0n) is 8.41. The Hall–Kier alpha value is -0.0800. The van der Waals surface area contributed by atoms with Crippen LogP contribution in [-0.4, -0.2) is 35.7 Å². The Morgan fingerprint density at radius 2 is 1.85 bits per heavy atom. The van der Waals surface area contributed by atoms with E-state index >= 15 is 0 Å². The zero-order chi connectivity index (χ0) is 9.10. The minimum absolute atomic E-state index is 0.337. The summed E-state index contributed by atoms with van der Waals surface area (Å²) in [7, 11) is 0. The summed E-state index contributed by atoms with van der Waals surface area (Å²) in [5.41, 5.74) is 0. The molecule has 0 amide bonds. The van der Waals surface area contributed by atoms with Gasteiger partial charge in [0, 0.05) is 12.6 Å². The normalized spacial score (nSPS) is 35.8. The summed E-state index contributed by atoms with van der Waals surface area (Å²) in [6.07, 6.45) is 8.45. The highest BCUT2D eigenvalue weighted by atomic mass is 16.3. The van der Waals surface area contributed by atoms with E-state index in [1.807, 2.05) is 0 Å². The average Bonchev–Trinajstić information content (AvgIpc) is 2.19. The standard InChI is InChI=1S/C11H21NO/c13-9-8-12-7-3-5-10-4-1-2-6-11(10)12/h10-11,13H,1-9H2/t10-,11-/m1/s1. The van der Waals surface area contributed by atoms with Crippen LogP contribution in [0.4, 0.5) is 0 Å². The topological polar surface area (TPSA) is 23.5 Å². The number of nitrogens with zero attached hydrogens (tertiary/aromatic N) is 1. The van der Waals surface area contributed by atoms with Crippen molar-refractivity contribution in [1.29, 1.82) is 0 Å². The molecule has 1 saturated heterocycles. The fourth-order valence-corrected chi connectivity index (χ4v) is 3.13. The predicted octanol–water partition coefficient (Wildman–Crippen LogP) is 1.63. The number of aliphatic hydroxyl groups is 1. The first-order valence-corrected chi connectivity index (χ1v) is 5.76. The van der Waals surface area contributed by atoms with Crippen molar-refractivity contribution < 1.29 is 5.11 Å². The SMILES string of the molecule is OCCN1CCC[C@H]2CCCC[C@H]21. The molecule has 0 aromatic rings. The second kappa shape index (κ2) is 4.43. The lowest BCUT2D eigenvalue weighted by atomic mass is 9.78. The molecule has 2 nitrogen and oxygen atoms in total. The molecule has 1 aliphatic heterocycles. The average molecular weight is 183 g/mol.